The molecule has 176 valence electrons. The van der Waals surface area contributed by atoms with Gasteiger partial charge in [-0.2, -0.15) is 0 Å². The zero-order chi connectivity index (χ0) is 23.4. The van der Waals surface area contributed by atoms with Crippen LogP contribution in [0.2, 0.25) is 0 Å². The lowest BCUT2D eigenvalue weighted by molar-refractivity contribution is -0.138. The first kappa shape index (κ1) is 22.9. The van der Waals surface area contributed by atoms with Crippen molar-refractivity contribution < 1.29 is 23.5 Å². The summed E-state index contributed by atoms with van der Waals surface area (Å²) in [5.74, 6) is 0.452. The maximum Gasteiger partial charge on any atom is 0.289 e. The quantitative estimate of drug-likeness (QED) is 0.644. The van der Waals surface area contributed by atoms with E-state index in [1.165, 1.54) is 6.26 Å². The molecule has 1 aromatic heterocycles. The number of rotatable bonds is 7. The minimum Gasteiger partial charge on any atom is -0.497 e. The van der Waals surface area contributed by atoms with Crippen LogP contribution in [0, 0.1) is 5.92 Å². The van der Waals surface area contributed by atoms with Crippen molar-refractivity contribution in [2.45, 2.75) is 32.2 Å². The van der Waals surface area contributed by atoms with E-state index in [1.807, 2.05) is 29.2 Å². The minimum atomic E-state index is -0.435. The molecule has 0 aliphatic carbocycles. The predicted octanol–water partition coefficient (Wildman–Crippen LogP) is 2.96. The summed E-state index contributed by atoms with van der Waals surface area (Å²) in [5.41, 5.74) is 0.947. The number of piperazine rings is 1. The lowest BCUT2D eigenvalue weighted by Crippen LogP contribution is -2.52. The second-order valence-electron chi connectivity index (χ2n) is 8.56. The molecule has 2 saturated heterocycles. The van der Waals surface area contributed by atoms with Crippen LogP contribution in [0.15, 0.2) is 47.1 Å². The minimum absolute atomic E-state index is 0.0201. The lowest BCUT2D eigenvalue weighted by atomic mass is 9.91. The molecule has 2 atom stereocenters. The largest absolute Gasteiger partial charge is 0.497 e. The Hall–Kier alpha value is -3.29. The number of hydrogen-bond donors (Lipinski definition) is 0. The molecule has 0 spiro atoms. The average molecular weight is 454 g/mol. The van der Waals surface area contributed by atoms with Crippen molar-refractivity contribution in [2.24, 2.45) is 5.92 Å². The average Bonchev–Trinajstić information content (AvgIpc) is 3.50. The molecule has 0 saturated carbocycles. The number of benzene rings is 1. The van der Waals surface area contributed by atoms with Crippen LogP contribution in [0.25, 0.3) is 0 Å². The summed E-state index contributed by atoms with van der Waals surface area (Å²) in [4.78, 5) is 44.4. The Balaban J connectivity index is 1.48. The first-order chi connectivity index (χ1) is 16.0. The molecule has 2 aliphatic rings. The summed E-state index contributed by atoms with van der Waals surface area (Å²) in [5, 5.41) is 0. The standard InChI is InChI=1S/C25H31N3O5/c1-3-4-11-28-22(29)17-20(23(28)18-7-9-19(32-2)10-8-18)24(30)26-12-14-27(15-13-26)25(31)21-6-5-16-33-21/h5-10,16,20,23H,3-4,11-15,17H2,1-2H3/t20-,23-/m0/s1. The third-order valence-electron chi connectivity index (χ3n) is 6.57. The Labute approximate surface area is 194 Å². The van der Waals surface area contributed by atoms with Gasteiger partial charge in [-0.15, -0.1) is 0 Å². The van der Waals surface area contributed by atoms with Crippen LogP contribution in [-0.4, -0.2) is 72.3 Å². The molecule has 0 radical (unpaired) electrons. The van der Waals surface area contributed by atoms with Crippen molar-refractivity contribution in [3.8, 4) is 5.75 Å². The number of unbranched alkanes of at least 4 members (excludes halogenated alkanes) is 1. The number of nitrogens with zero attached hydrogens (tertiary/aromatic N) is 3. The van der Waals surface area contributed by atoms with Crippen molar-refractivity contribution in [3.63, 3.8) is 0 Å². The Morgan fingerprint density at radius 2 is 1.76 bits per heavy atom. The smallest absolute Gasteiger partial charge is 0.289 e. The first-order valence-electron chi connectivity index (χ1n) is 11.6. The van der Waals surface area contributed by atoms with Gasteiger partial charge in [-0.05, 0) is 36.2 Å². The van der Waals surface area contributed by atoms with E-state index in [9.17, 15) is 14.4 Å². The molecule has 3 amide bonds. The number of likely N-dealkylation sites (tertiary alicyclic amines) is 1. The fraction of sp³-hybridized carbons (Fsp3) is 0.480. The van der Waals surface area contributed by atoms with E-state index in [2.05, 4.69) is 6.92 Å². The van der Waals surface area contributed by atoms with Gasteiger partial charge in [-0.25, -0.2) is 0 Å². The summed E-state index contributed by atoms with van der Waals surface area (Å²) in [6.45, 7) is 4.51. The highest BCUT2D eigenvalue weighted by atomic mass is 16.5. The second kappa shape index (κ2) is 10.1. The van der Waals surface area contributed by atoms with Crippen molar-refractivity contribution in [1.82, 2.24) is 14.7 Å². The number of carbonyl (C=O) groups is 3. The van der Waals surface area contributed by atoms with Gasteiger partial charge in [0.15, 0.2) is 5.76 Å². The van der Waals surface area contributed by atoms with E-state index >= 15 is 0 Å². The monoisotopic (exact) mass is 453 g/mol. The number of ether oxygens (including phenoxy) is 1. The zero-order valence-electron chi connectivity index (χ0n) is 19.2. The third-order valence-corrected chi connectivity index (χ3v) is 6.57. The Morgan fingerprint density at radius 3 is 2.36 bits per heavy atom. The molecule has 2 aromatic rings. The molecule has 0 unspecified atom stereocenters. The van der Waals surface area contributed by atoms with Gasteiger partial charge < -0.3 is 23.9 Å². The number of amides is 3. The highest BCUT2D eigenvalue weighted by Crippen LogP contribution is 2.40. The summed E-state index contributed by atoms with van der Waals surface area (Å²) in [7, 11) is 1.62. The Morgan fingerprint density at radius 1 is 1.06 bits per heavy atom. The van der Waals surface area contributed by atoms with Gasteiger partial charge in [0.2, 0.25) is 11.8 Å². The van der Waals surface area contributed by atoms with Crippen molar-refractivity contribution in [1.29, 1.82) is 0 Å². The maximum absolute atomic E-state index is 13.6. The van der Waals surface area contributed by atoms with Crippen LogP contribution in [-0.2, 0) is 9.59 Å². The van der Waals surface area contributed by atoms with Crippen LogP contribution >= 0.6 is 0 Å². The molecular weight excluding hydrogens is 422 g/mol. The Bertz CT molecular complexity index is 964. The van der Waals surface area contributed by atoms with E-state index in [4.69, 9.17) is 9.15 Å². The molecule has 2 fully saturated rings. The van der Waals surface area contributed by atoms with Gasteiger partial charge in [-0.3, -0.25) is 14.4 Å². The highest BCUT2D eigenvalue weighted by Gasteiger charge is 2.46. The normalized spacial score (nSPS) is 20.9. The van der Waals surface area contributed by atoms with E-state index in [-0.39, 0.29) is 30.2 Å². The maximum atomic E-state index is 13.6. The summed E-state index contributed by atoms with van der Waals surface area (Å²) >= 11 is 0. The first-order valence-corrected chi connectivity index (χ1v) is 11.6. The molecule has 8 nitrogen and oxygen atoms in total. The van der Waals surface area contributed by atoms with Crippen LogP contribution < -0.4 is 4.74 Å². The summed E-state index contributed by atoms with van der Waals surface area (Å²) in [6.07, 6.45) is 3.56. The van der Waals surface area contributed by atoms with Gasteiger partial charge in [0.1, 0.15) is 5.75 Å². The number of carbonyl (C=O) groups excluding carboxylic acids is 3. The van der Waals surface area contributed by atoms with Crippen molar-refractivity contribution in [2.75, 3.05) is 39.8 Å². The zero-order valence-corrected chi connectivity index (χ0v) is 19.2. The molecule has 0 N–H and O–H groups in total. The van der Waals surface area contributed by atoms with E-state index < -0.39 is 5.92 Å². The predicted molar refractivity (Wildman–Crippen MR) is 122 cm³/mol. The van der Waals surface area contributed by atoms with Crippen LogP contribution in [0.3, 0.4) is 0 Å². The topological polar surface area (TPSA) is 83.3 Å². The van der Waals surface area contributed by atoms with Crippen molar-refractivity contribution >= 4 is 17.7 Å². The van der Waals surface area contributed by atoms with Crippen LogP contribution in [0.1, 0.15) is 48.3 Å². The molecule has 1 aromatic carbocycles. The lowest BCUT2D eigenvalue weighted by Gasteiger charge is -2.37. The molecule has 8 heteroatoms. The number of hydrogen-bond acceptors (Lipinski definition) is 5. The molecular formula is C25H31N3O5. The summed E-state index contributed by atoms with van der Waals surface area (Å²) in [6, 6.07) is 10.7. The SMILES string of the molecule is CCCCN1C(=O)C[C@H](C(=O)N2CCN(C(=O)c3ccco3)CC2)[C@@H]1c1ccc(OC)cc1. The highest BCUT2D eigenvalue weighted by molar-refractivity contribution is 5.92. The van der Waals surface area contributed by atoms with Gasteiger partial charge in [0, 0.05) is 39.1 Å². The fourth-order valence-corrected chi connectivity index (χ4v) is 4.74. The van der Waals surface area contributed by atoms with E-state index in [0.29, 0.717) is 38.5 Å². The van der Waals surface area contributed by atoms with Gasteiger partial charge in [0.05, 0.1) is 25.3 Å². The molecule has 0 bridgehead atoms. The number of furan rings is 1. The van der Waals surface area contributed by atoms with E-state index in [1.54, 1.807) is 29.0 Å². The molecule has 2 aliphatic heterocycles. The van der Waals surface area contributed by atoms with Crippen LogP contribution in [0.4, 0.5) is 0 Å². The second-order valence-corrected chi connectivity index (χ2v) is 8.56. The van der Waals surface area contributed by atoms with Gasteiger partial charge in [0.25, 0.3) is 5.91 Å². The number of methoxy groups -OCH3 is 1. The molecule has 4 rings (SSSR count). The van der Waals surface area contributed by atoms with Crippen LogP contribution in [0.5, 0.6) is 5.75 Å². The fourth-order valence-electron chi connectivity index (χ4n) is 4.74. The third kappa shape index (κ3) is 4.74. The Kier molecular flexibility index (Phi) is 7.01. The van der Waals surface area contributed by atoms with Gasteiger partial charge in [-0.1, -0.05) is 25.5 Å². The van der Waals surface area contributed by atoms with Gasteiger partial charge >= 0.3 is 0 Å². The van der Waals surface area contributed by atoms with Crippen molar-refractivity contribution in [3.05, 3.63) is 54.0 Å². The molecule has 3 heterocycles. The summed E-state index contributed by atoms with van der Waals surface area (Å²) < 4.78 is 10.5. The van der Waals surface area contributed by atoms with E-state index in [0.717, 1.165) is 24.2 Å². The molecule has 33 heavy (non-hydrogen) atoms.